The molecule has 6 heteroatoms. The number of hydrogen-bond acceptors (Lipinski definition) is 2. The quantitative estimate of drug-likeness (QED) is 0.842. The average molecular weight is 272 g/mol. The van der Waals surface area contributed by atoms with Gasteiger partial charge in [-0.3, -0.25) is 9.67 Å². The number of benzene rings is 1. The Labute approximate surface area is 108 Å². The molecule has 0 bridgehead atoms. The third-order valence-corrected chi connectivity index (χ3v) is 2.87. The van der Waals surface area contributed by atoms with Gasteiger partial charge in [-0.2, -0.15) is 5.10 Å². The van der Waals surface area contributed by atoms with Crippen molar-refractivity contribution in [1.29, 1.82) is 0 Å². The van der Waals surface area contributed by atoms with Gasteiger partial charge < -0.3 is 0 Å². The van der Waals surface area contributed by atoms with E-state index >= 15 is 0 Å². The molecule has 90 valence electrons. The first-order valence-electron chi connectivity index (χ1n) is 5.13. The van der Waals surface area contributed by atoms with Crippen molar-refractivity contribution in [2.45, 2.75) is 19.8 Å². The molecule has 2 aromatic rings. The maximum Gasteiger partial charge on any atom is 0.199 e. The van der Waals surface area contributed by atoms with E-state index in [0.717, 1.165) is 0 Å². The molecule has 1 N–H and O–H groups in total. The number of nitrogens with one attached hydrogen (secondary N) is 1. The van der Waals surface area contributed by atoms with Crippen molar-refractivity contribution in [2.24, 2.45) is 0 Å². The lowest BCUT2D eigenvalue weighted by Crippen LogP contribution is -2.05. The van der Waals surface area contributed by atoms with Crippen LogP contribution in [0.2, 0.25) is 5.02 Å². The van der Waals surface area contributed by atoms with E-state index in [1.807, 2.05) is 13.8 Å². The Kier molecular flexibility index (Phi) is 3.31. The van der Waals surface area contributed by atoms with E-state index in [1.165, 1.54) is 6.07 Å². The predicted molar refractivity (Wildman–Crippen MR) is 67.8 cm³/mol. The van der Waals surface area contributed by atoms with E-state index in [9.17, 15) is 4.39 Å². The van der Waals surface area contributed by atoms with Crippen LogP contribution in [0.4, 0.5) is 4.39 Å². The molecule has 0 aliphatic rings. The summed E-state index contributed by atoms with van der Waals surface area (Å²) in [4.78, 5) is 0. The second-order valence-electron chi connectivity index (χ2n) is 3.97. The fourth-order valence-electron chi connectivity index (χ4n) is 1.59. The van der Waals surface area contributed by atoms with E-state index in [2.05, 4.69) is 10.2 Å². The average Bonchev–Trinajstić information content (AvgIpc) is 2.60. The van der Waals surface area contributed by atoms with Gasteiger partial charge in [-0.05, 0) is 30.4 Å². The standard InChI is InChI=1S/C11H11ClFN3S/c1-6(2)10-14-15-11(17)16(10)9-4-3-7(12)5-8(9)13/h3-6H,1-2H3,(H,15,17). The zero-order chi connectivity index (χ0) is 12.6. The normalized spacial score (nSPS) is 11.1. The van der Waals surface area contributed by atoms with Gasteiger partial charge in [0.05, 0.1) is 5.69 Å². The highest BCUT2D eigenvalue weighted by molar-refractivity contribution is 7.71. The highest BCUT2D eigenvalue weighted by Gasteiger charge is 2.14. The number of hydrogen-bond donors (Lipinski definition) is 1. The van der Waals surface area contributed by atoms with Crippen LogP contribution in [0, 0.1) is 10.6 Å². The summed E-state index contributed by atoms with van der Waals surface area (Å²) >= 11 is 10.8. The zero-order valence-electron chi connectivity index (χ0n) is 9.37. The van der Waals surface area contributed by atoms with Gasteiger partial charge in [-0.25, -0.2) is 4.39 Å². The molecule has 0 spiro atoms. The molecule has 0 fully saturated rings. The maximum atomic E-state index is 13.8. The summed E-state index contributed by atoms with van der Waals surface area (Å²) in [6.07, 6.45) is 0. The highest BCUT2D eigenvalue weighted by Crippen LogP contribution is 2.22. The van der Waals surface area contributed by atoms with E-state index < -0.39 is 5.82 Å². The molecule has 0 amide bonds. The first kappa shape index (κ1) is 12.3. The lowest BCUT2D eigenvalue weighted by atomic mass is 10.2. The van der Waals surface area contributed by atoms with Crippen LogP contribution < -0.4 is 0 Å². The van der Waals surface area contributed by atoms with Crippen molar-refractivity contribution >= 4 is 23.8 Å². The van der Waals surface area contributed by atoms with Crippen molar-refractivity contribution in [3.63, 3.8) is 0 Å². The largest absolute Gasteiger partial charge is 0.269 e. The monoisotopic (exact) mass is 271 g/mol. The molecule has 0 unspecified atom stereocenters. The minimum Gasteiger partial charge on any atom is -0.269 e. The van der Waals surface area contributed by atoms with Gasteiger partial charge in [0.2, 0.25) is 0 Å². The first-order valence-corrected chi connectivity index (χ1v) is 5.92. The molecule has 0 atom stereocenters. The Bertz CT molecular complexity index is 603. The Morgan fingerprint density at radius 2 is 2.18 bits per heavy atom. The molecule has 0 aliphatic heterocycles. The Balaban J connectivity index is 2.68. The summed E-state index contributed by atoms with van der Waals surface area (Å²) in [6, 6.07) is 4.48. The zero-order valence-corrected chi connectivity index (χ0v) is 10.9. The molecule has 0 saturated heterocycles. The number of rotatable bonds is 2. The third kappa shape index (κ3) is 2.25. The maximum absolute atomic E-state index is 13.8. The van der Waals surface area contributed by atoms with Crippen molar-refractivity contribution in [2.75, 3.05) is 0 Å². The van der Waals surface area contributed by atoms with Gasteiger partial charge in [0.25, 0.3) is 0 Å². The van der Waals surface area contributed by atoms with Crippen molar-refractivity contribution in [1.82, 2.24) is 14.8 Å². The second kappa shape index (κ2) is 4.58. The Morgan fingerprint density at radius 3 is 2.76 bits per heavy atom. The lowest BCUT2D eigenvalue weighted by molar-refractivity contribution is 0.611. The van der Waals surface area contributed by atoms with Crippen LogP contribution in [-0.2, 0) is 0 Å². The van der Waals surface area contributed by atoms with Crippen LogP contribution in [0.3, 0.4) is 0 Å². The summed E-state index contributed by atoms with van der Waals surface area (Å²) in [5.74, 6) is 0.408. The fraction of sp³-hybridized carbons (Fsp3) is 0.273. The molecule has 1 heterocycles. The van der Waals surface area contributed by atoms with Crippen molar-refractivity contribution < 1.29 is 4.39 Å². The van der Waals surface area contributed by atoms with Crippen LogP contribution in [0.1, 0.15) is 25.6 Å². The molecular formula is C11H11ClFN3S. The molecule has 2 rings (SSSR count). The number of nitrogens with zero attached hydrogens (tertiary/aromatic N) is 2. The lowest BCUT2D eigenvalue weighted by Gasteiger charge is -2.10. The molecule has 0 aliphatic carbocycles. The highest BCUT2D eigenvalue weighted by atomic mass is 35.5. The molecule has 3 nitrogen and oxygen atoms in total. The van der Waals surface area contributed by atoms with Crippen molar-refractivity contribution in [3.05, 3.63) is 39.6 Å². The minimum atomic E-state index is -0.420. The van der Waals surface area contributed by atoms with Gasteiger partial charge in [-0.1, -0.05) is 25.4 Å². The summed E-state index contributed by atoms with van der Waals surface area (Å²) in [5, 5.41) is 7.13. The van der Waals surface area contributed by atoms with Crippen LogP contribution in [0.15, 0.2) is 18.2 Å². The number of halogens is 2. The van der Waals surface area contributed by atoms with Gasteiger partial charge >= 0.3 is 0 Å². The predicted octanol–water partition coefficient (Wildman–Crippen LogP) is 3.85. The minimum absolute atomic E-state index is 0.137. The fourth-order valence-corrected chi connectivity index (χ4v) is 1.99. The number of aromatic amines is 1. The van der Waals surface area contributed by atoms with Gasteiger partial charge in [0, 0.05) is 10.9 Å². The second-order valence-corrected chi connectivity index (χ2v) is 4.80. The molecule has 17 heavy (non-hydrogen) atoms. The molecule has 1 aromatic heterocycles. The summed E-state index contributed by atoms with van der Waals surface area (Å²) in [5.41, 5.74) is 0.358. The molecule has 0 radical (unpaired) electrons. The Morgan fingerprint density at radius 1 is 1.47 bits per heavy atom. The Hall–Kier alpha value is -1.20. The van der Waals surface area contributed by atoms with Gasteiger partial charge in [-0.15, -0.1) is 0 Å². The summed E-state index contributed by atoms with van der Waals surface area (Å²) in [6.45, 7) is 3.94. The molecular weight excluding hydrogens is 261 g/mol. The first-order chi connectivity index (χ1) is 8.00. The van der Waals surface area contributed by atoms with Gasteiger partial charge in [0.1, 0.15) is 11.6 Å². The topological polar surface area (TPSA) is 33.6 Å². The van der Waals surface area contributed by atoms with E-state index in [0.29, 0.717) is 21.3 Å². The van der Waals surface area contributed by atoms with Crippen LogP contribution >= 0.6 is 23.8 Å². The van der Waals surface area contributed by atoms with E-state index in [4.69, 9.17) is 23.8 Å². The molecule has 1 aromatic carbocycles. The summed E-state index contributed by atoms with van der Waals surface area (Å²) in [7, 11) is 0. The summed E-state index contributed by atoms with van der Waals surface area (Å²) < 4.78 is 15.8. The molecule has 0 saturated carbocycles. The van der Waals surface area contributed by atoms with Crippen LogP contribution in [0.5, 0.6) is 0 Å². The smallest absolute Gasteiger partial charge is 0.199 e. The number of H-pyrrole nitrogens is 1. The van der Waals surface area contributed by atoms with Crippen molar-refractivity contribution in [3.8, 4) is 5.69 Å². The number of aromatic nitrogens is 3. The van der Waals surface area contributed by atoms with Crippen LogP contribution in [0.25, 0.3) is 5.69 Å². The third-order valence-electron chi connectivity index (χ3n) is 2.37. The van der Waals surface area contributed by atoms with Crippen LogP contribution in [-0.4, -0.2) is 14.8 Å². The van der Waals surface area contributed by atoms with E-state index in [-0.39, 0.29) is 5.92 Å². The van der Waals surface area contributed by atoms with Gasteiger partial charge in [0.15, 0.2) is 4.77 Å². The SMILES string of the molecule is CC(C)c1n[nH]c(=S)n1-c1ccc(Cl)cc1F. The van der Waals surface area contributed by atoms with E-state index in [1.54, 1.807) is 16.7 Å².